The van der Waals surface area contributed by atoms with Gasteiger partial charge in [-0.1, -0.05) is 0 Å². The van der Waals surface area contributed by atoms with E-state index in [2.05, 4.69) is 10.3 Å². The zero-order valence-corrected chi connectivity index (χ0v) is 10.8. The molecule has 0 amide bonds. The van der Waals surface area contributed by atoms with Crippen LogP contribution in [-0.4, -0.2) is 52.7 Å². The molecule has 1 unspecified atom stereocenters. The monoisotopic (exact) mass is 252 g/mol. The van der Waals surface area contributed by atoms with Gasteiger partial charge in [-0.3, -0.25) is 10.1 Å². The average Bonchev–Trinajstić information content (AvgIpc) is 3.03. The van der Waals surface area contributed by atoms with Gasteiger partial charge in [-0.05, 0) is 26.9 Å². The Morgan fingerprint density at radius 1 is 1.67 bits per heavy atom. The summed E-state index contributed by atoms with van der Waals surface area (Å²) in [6.45, 7) is 1.45. The fourth-order valence-electron chi connectivity index (χ4n) is 1.95. The van der Waals surface area contributed by atoms with E-state index in [-0.39, 0.29) is 0 Å². The largest absolute Gasteiger partial charge is 0.480 e. The van der Waals surface area contributed by atoms with Crippen molar-refractivity contribution in [1.82, 2.24) is 19.8 Å². The van der Waals surface area contributed by atoms with Crippen LogP contribution in [0.3, 0.4) is 0 Å². The van der Waals surface area contributed by atoms with Crippen molar-refractivity contribution in [2.45, 2.75) is 24.9 Å². The minimum Gasteiger partial charge on any atom is -0.480 e. The van der Waals surface area contributed by atoms with E-state index in [1.165, 1.54) is 0 Å². The van der Waals surface area contributed by atoms with E-state index in [1.807, 2.05) is 23.6 Å². The predicted molar refractivity (Wildman–Crippen MR) is 67.4 cm³/mol. The van der Waals surface area contributed by atoms with E-state index < -0.39 is 12.0 Å². The molecule has 0 aromatic carbocycles. The highest BCUT2D eigenvalue weighted by Gasteiger charge is 2.30. The molecule has 0 aliphatic heterocycles. The number of nitrogens with zero attached hydrogens (tertiary/aromatic N) is 3. The van der Waals surface area contributed by atoms with Gasteiger partial charge in [0, 0.05) is 19.1 Å². The predicted octanol–water partition coefficient (Wildman–Crippen LogP) is 0.495. The molecule has 2 N–H and O–H groups in total. The van der Waals surface area contributed by atoms with E-state index in [0.717, 1.165) is 25.1 Å². The minimum atomic E-state index is -0.851. The summed E-state index contributed by atoms with van der Waals surface area (Å²) in [6, 6.07) is -0.229. The second-order valence-electron chi connectivity index (χ2n) is 4.99. The van der Waals surface area contributed by atoms with E-state index >= 15 is 0 Å². The number of aromatic nitrogens is 2. The molecular weight excluding hydrogens is 232 g/mol. The highest BCUT2D eigenvalue weighted by molar-refractivity contribution is 5.74. The zero-order chi connectivity index (χ0) is 13.1. The van der Waals surface area contributed by atoms with Crippen molar-refractivity contribution < 1.29 is 9.90 Å². The third-order valence-corrected chi connectivity index (χ3v) is 3.09. The highest BCUT2D eigenvalue weighted by Crippen LogP contribution is 2.36. The molecule has 6 heteroatoms. The van der Waals surface area contributed by atoms with E-state index in [1.54, 1.807) is 12.5 Å². The van der Waals surface area contributed by atoms with Crippen LogP contribution in [0, 0.1) is 0 Å². The molecule has 1 atom stereocenters. The Hall–Kier alpha value is -1.40. The summed E-state index contributed by atoms with van der Waals surface area (Å²) >= 11 is 0. The summed E-state index contributed by atoms with van der Waals surface area (Å²) in [5.41, 5.74) is 0.753. The lowest BCUT2D eigenvalue weighted by atomic mass is 10.2. The van der Waals surface area contributed by atoms with E-state index in [0.29, 0.717) is 12.6 Å². The standard InChI is InChI=1S/C12H20N4O2/c1-15(2)6-5-14-11(12(17)18)10-7-13-8-16(10)9-3-4-9/h7-9,11,14H,3-6H2,1-2H3,(H,17,18). The van der Waals surface area contributed by atoms with Crippen LogP contribution in [0.15, 0.2) is 12.5 Å². The van der Waals surface area contributed by atoms with Crippen molar-refractivity contribution in [3.8, 4) is 0 Å². The number of likely N-dealkylation sites (N-methyl/N-ethyl adjacent to an activating group) is 1. The number of carbonyl (C=O) groups is 1. The van der Waals surface area contributed by atoms with Crippen LogP contribution >= 0.6 is 0 Å². The molecule has 100 valence electrons. The summed E-state index contributed by atoms with van der Waals surface area (Å²) in [6.07, 6.45) is 5.62. The van der Waals surface area contributed by atoms with Gasteiger partial charge in [0.15, 0.2) is 0 Å². The summed E-state index contributed by atoms with van der Waals surface area (Å²) in [5.74, 6) is -0.851. The molecule has 0 bridgehead atoms. The molecule has 18 heavy (non-hydrogen) atoms. The van der Waals surface area contributed by atoms with Crippen molar-refractivity contribution in [2.24, 2.45) is 0 Å². The number of carboxylic acid groups (broad SMARTS) is 1. The number of nitrogens with one attached hydrogen (secondary N) is 1. The normalized spacial score (nSPS) is 17.1. The smallest absolute Gasteiger partial charge is 0.326 e. The first kappa shape index (κ1) is 13.0. The van der Waals surface area contributed by atoms with Crippen LogP contribution in [0.1, 0.15) is 30.6 Å². The summed E-state index contributed by atoms with van der Waals surface area (Å²) in [5, 5.41) is 12.4. The van der Waals surface area contributed by atoms with Crippen molar-refractivity contribution in [2.75, 3.05) is 27.2 Å². The molecule has 0 saturated heterocycles. The molecule has 6 nitrogen and oxygen atoms in total. The van der Waals surface area contributed by atoms with Gasteiger partial charge >= 0.3 is 5.97 Å². The van der Waals surface area contributed by atoms with Crippen LogP contribution in [-0.2, 0) is 4.79 Å². The number of hydrogen-bond donors (Lipinski definition) is 2. The van der Waals surface area contributed by atoms with Gasteiger partial charge in [-0.25, -0.2) is 4.98 Å². The zero-order valence-electron chi connectivity index (χ0n) is 10.8. The van der Waals surface area contributed by atoms with Gasteiger partial charge in [0.25, 0.3) is 0 Å². The Morgan fingerprint density at radius 2 is 2.39 bits per heavy atom. The van der Waals surface area contributed by atoms with Crippen LogP contribution in [0.25, 0.3) is 0 Å². The number of imidazole rings is 1. The first-order valence-corrected chi connectivity index (χ1v) is 6.22. The lowest BCUT2D eigenvalue weighted by Gasteiger charge is -2.18. The van der Waals surface area contributed by atoms with Gasteiger partial charge < -0.3 is 14.6 Å². The van der Waals surface area contributed by atoms with Gasteiger partial charge in [0.1, 0.15) is 6.04 Å². The second-order valence-corrected chi connectivity index (χ2v) is 4.99. The Bertz CT molecular complexity index is 412. The Balaban J connectivity index is 2.04. The van der Waals surface area contributed by atoms with Gasteiger partial charge in [0.05, 0.1) is 18.2 Å². The topological polar surface area (TPSA) is 70.4 Å². The molecule has 1 aliphatic carbocycles. The van der Waals surface area contributed by atoms with Crippen molar-refractivity contribution in [3.63, 3.8) is 0 Å². The molecule has 1 aliphatic rings. The Morgan fingerprint density at radius 3 is 2.94 bits per heavy atom. The Labute approximate surface area is 107 Å². The van der Waals surface area contributed by atoms with Gasteiger partial charge in [-0.2, -0.15) is 0 Å². The Kier molecular flexibility index (Phi) is 3.98. The quantitative estimate of drug-likeness (QED) is 0.739. The van der Waals surface area contributed by atoms with E-state index in [9.17, 15) is 9.90 Å². The van der Waals surface area contributed by atoms with Crippen molar-refractivity contribution >= 4 is 5.97 Å². The number of hydrogen-bond acceptors (Lipinski definition) is 4. The number of carboxylic acids is 1. The molecule has 1 saturated carbocycles. The third-order valence-electron chi connectivity index (χ3n) is 3.09. The molecule has 1 fully saturated rings. The second kappa shape index (κ2) is 5.49. The summed E-state index contributed by atoms with van der Waals surface area (Å²) in [4.78, 5) is 17.4. The molecule has 1 aromatic rings. The minimum absolute atomic E-state index is 0.444. The van der Waals surface area contributed by atoms with Crippen LogP contribution in [0.5, 0.6) is 0 Å². The van der Waals surface area contributed by atoms with Gasteiger partial charge in [0.2, 0.25) is 0 Å². The molecule has 2 rings (SSSR count). The maximum atomic E-state index is 11.4. The van der Waals surface area contributed by atoms with Crippen LogP contribution < -0.4 is 5.32 Å². The van der Waals surface area contributed by atoms with Crippen LogP contribution in [0.4, 0.5) is 0 Å². The fraction of sp³-hybridized carbons (Fsp3) is 0.667. The molecule has 0 radical (unpaired) electrons. The third kappa shape index (κ3) is 3.08. The SMILES string of the molecule is CN(C)CCNC(C(=O)O)c1cncn1C1CC1. The first-order chi connectivity index (χ1) is 8.59. The highest BCUT2D eigenvalue weighted by atomic mass is 16.4. The fourth-order valence-corrected chi connectivity index (χ4v) is 1.95. The maximum absolute atomic E-state index is 11.4. The lowest BCUT2D eigenvalue weighted by Crippen LogP contribution is -2.35. The lowest BCUT2D eigenvalue weighted by molar-refractivity contribution is -0.139. The van der Waals surface area contributed by atoms with Crippen LogP contribution in [0.2, 0.25) is 0 Å². The van der Waals surface area contributed by atoms with E-state index in [4.69, 9.17) is 0 Å². The summed E-state index contributed by atoms with van der Waals surface area (Å²) in [7, 11) is 3.93. The van der Waals surface area contributed by atoms with Crippen molar-refractivity contribution in [3.05, 3.63) is 18.2 Å². The number of rotatable bonds is 7. The molecular formula is C12H20N4O2. The summed E-state index contributed by atoms with van der Waals surface area (Å²) < 4.78 is 1.99. The molecule has 1 aromatic heterocycles. The van der Waals surface area contributed by atoms with Gasteiger partial charge in [-0.15, -0.1) is 0 Å². The molecule has 0 spiro atoms. The molecule has 1 heterocycles. The average molecular weight is 252 g/mol. The maximum Gasteiger partial charge on any atom is 0.326 e. The number of aliphatic carboxylic acids is 1. The van der Waals surface area contributed by atoms with Crippen molar-refractivity contribution in [1.29, 1.82) is 0 Å². The first-order valence-electron chi connectivity index (χ1n) is 6.22.